The second-order valence-corrected chi connectivity index (χ2v) is 5.86. The third-order valence-corrected chi connectivity index (χ3v) is 3.99. The number of amides is 1. The van der Waals surface area contributed by atoms with Crippen molar-refractivity contribution in [3.8, 4) is 0 Å². The second-order valence-electron chi connectivity index (χ2n) is 5.86. The SMILES string of the molecule is CC(CN)CC(=O)N1CCCC(C(C)C)CC1. The van der Waals surface area contributed by atoms with E-state index >= 15 is 0 Å². The van der Waals surface area contributed by atoms with Gasteiger partial charge in [-0.05, 0) is 43.6 Å². The minimum Gasteiger partial charge on any atom is -0.343 e. The van der Waals surface area contributed by atoms with Gasteiger partial charge in [-0.2, -0.15) is 0 Å². The van der Waals surface area contributed by atoms with Crippen LogP contribution in [0.15, 0.2) is 0 Å². The van der Waals surface area contributed by atoms with Crippen molar-refractivity contribution in [1.82, 2.24) is 4.90 Å². The number of carbonyl (C=O) groups excluding carboxylic acids is 1. The third-order valence-electron chi connectivity index (χ3n) is 3.99. The predicted molar refractivity (Wildman–Crippen MR) is 71.6 cm³/mol. The van der Waals surface area contributed by atoms with Crippen LogP contribution in [0.2, 0.25) is 0 Å². The molecule has 1 amide bonds. The van der Waals surface area contributed by atoms with E-state index in [1.54, 1.807) is 0 Å². The normalized spacial score (nSPS) is 23.6. The van der Waals surface area contributed by atoms with E-state index in [1.807, 2.05) is 6.92 Å². The molecule has 1 rings (SSSR count). The molecule has 100 valence electrons. The molecule has 1 aliphatic rings. The van der Waals surface area contributed by atoms with Gasteiger partial charge >= 0.3 is 0 Å². The number of hydrogen-bond acceptors (Lipinski definition) is 2. The number of carbonyl (C=O) groups is 1. The Morgan fingerprint density at radius 1 is 1.29 bits per heavy atom. The van der Waals surface area contributed by atoms with Gasteiger partial charge in [0.25, 0.3) is 0 Å². The number of nitrogens with two attached hydrogens (primary N) is 1. The number of rotatable bonds is 4. The van der Waals surface area contributed by atoms with Crippen molar-refractivity contribution in [3.05, 3.63) is 0 Å². The van der Waals surface area contributed by atoms with Crippen molar-refractivity contribution in [2.45, 2.75) is 46.5 Å². The minimum atomic E-state index is 0.298. The van der Waals surface area contributed by atoms with E-state index in [1.165, 1.54) is 12.8 Å². The van der Waals surface area contributed by atoms with Crippen molar-refractivity contribution >= 4 is 5.91 Å². The number of likely N-dealkylation sites (tertiary alicyclic amines) is 1. The summed E-state index contributed by atoms with van der Waals surface area (Å²) in [4.78, 5) is 14.1. The molecule has 2 atom stereocenters. The fraction of sp³-hybridized carbons (Fsp3) is 0.929. The predicted octanol–water partition coefficient (Wildman–Crippen LogP) is 2.26. The van der Waals surface area contributed by atoms with E-state index < -0.39 is 0 Å². The largest absolute Gasteiger partial charge is 0.343 e. The zero-order valence-electron chi connectivity index (χ0n) is 11.6. The van der Waals surface area contributed by atoms with Crippen LogP contribution in [0, 0.1) is 17.8 Å². The smallest absolute Gasteiger partial charge is 0.222 e. The fourth-order valence-electron chi connectivity index (χ4n) is 2.55. The Balaban J connectivity index is 2.42. The highest BCUT2D eigenvalue weighted by atomic mass is 16.2. The summed E-state index contributed by atoms with van der Waals surface area (Å²) in [6.07, 6.45) is 4.21. The molecule has 2 unspecified atom stereocenters. The highest BCUT2D eigenvalue weighted by molar-refractivity contribution is 5.76. The van der Waals surface area contributed by atoms with Gasteiger partial charge in [-0.25, -0.2) is 0 Å². The van der Waals surface area contributed by atoms with Crippen LogP contribution in [-0.2, 0) is 4.79 Å². The van der Waals surface area contributed by atoms with Crippen LogP contribution in [0.1, 0.15) is 46.5 Å². The Labute approximate surface area is 106 Å². The lowest BCUT2D eigenvalue weighted by Crippen LogP contribution is -2.34. The van der Waals surface area contributed by atoms with Gasteiger partial charge in [-0.15, -0.1) is 0 Å². The first-order valence-corrected chi connectivity index (χ1v) is 7.02. The molecule has 0 aliphatic carbocycles. The van der Waals surface area contributed by atoms with Crippen LogP contribution in [0.4, 0.5) is 0 Å². The molecular weight excluding hydrogens is 212 g/mol. The maximum atomic E-state index is 12.1. The van der Waals surface area contributed by atoms with Gasteiger partial charge in [0.05, 0.1) is 0 Å². The summed E-state index contributed by atoms with van der Waals surface area (Å²) in [5.74, 6) is 2.15. The molecule has 1 heterocycles. The van der Waals surface area contributed by atoms with Crippen molar-refractivity contribution in [3.63, 3.8) is 0 Å². The molecule has 17 heavy (non-hydrogen) atoms. The lowest BCUT2D eigenvalue weighted by molar-refractivity contribution is -0.132. The van der Waals surface area contributed by atoms with Gasteiger partial charge in [0.15, 0.2) is 0 Å². The van der Waals surface area contributed by atoms with Gasteiger partial charge < -0.3 is 10.6 Å². The van der Waals surface area contributed by atoms with Crippen LogP contribution in [-0.4, -0.2) is 30.4 Å². The van der Waals surface area contributed by atoms with E-state index in [2.05, 4.69) is 18.7 Å². The lowest BCUT2D eigenvalue weighted by atomic mass is 9.89. The summed E-state index contributed by atoms with van der Waals surface area (Å²) < 4.78 is 0. The average Bonchev–Trinajstić information content (AvgIpc) is 2.54. The highest BCUT2D eigenvalue weighted by Crippen LogP contribution is 2.25. The molecule has 0 spiro atoms. The Hall–Kier alpha value is -0.570. The molecule has 0 aromatic heterocycles. The fourth-order valence-corrected chi connectivity index (χ4v) is 2.55. The minimum absolute atomic E-state index is 0.298. The van der Waals surface area contributed by atoms with Crippen LogP contribution in [0.5, 0.6) is 0 Å². The van der Waals surface area contributed by atoms with Gasteiger partial charge in [-0.3, -0.25) is 4.79 Å². The average molecular weight is 240 g/mol. The molecule has 2 N–H and O–H groups in total. The molecule has 1 aliphatic heterocycles. The molecule has 0 saturated carbocycles. The van der Waals surface area contributed by atoms with Crippen molar-refractivity contribution in [2.75, 3.05) is 19.6 Å². The molecule has 3 nitrogen and oxygen atoms in total. The van der Waals surface area contributed by atoms with E-state index in [9.17, 15) is 4.79 Å². The maximum Gasteiger partial charge on any atom is 0.222 e. The van der Waals surface area contributed by atoms with Crippen LogP contribution in [0.3, 0.4) is 0 Å². The molecule has 1 saturated heterocycles. The van der Waals surface area contributed by atoms with Gasteiger partial charge in [0.2, 0.25) is 5.91 Å². The summed E-state index contributed by atoms with van der Waals surface area (Å²) in [5, 5.41) is 0. The summed E-state index contributed by atoms with van der Waals surface area (Å²) in [5.41, 5.74) is 5.57. The van der Waals surface area contributed by atoms with Crippen LogP contribution < -0.4 is 5.73 Å². The second kappa shape index (κ2) is 7.00. The molecule has 0 radical (unpaired) electrons. The van der Waals surface area contributed by atoms with Gasteiger partial charge in [0, 0.05) is 19.5 Å². The van der Waals surface area contributed by atoms with E-state index in [0.29, 0.717) is 24.8 Å². The summed E-state index contributed by atoms with van der Waals surface area (Å²) in [6.45, 7) is 9.12. The van der Waals surface area contributed by atoms with E-state index in [4.69, 9.17) is 5.73 Å². The number of nitrogens with zero attached hydrogens (tertiary/aromatic N) is 1. The third kappa shape index (κ3) is 4.66. The maximum absolute atomic E-state index is 12.1. The lowest BCUT2D eigenvalue weighted by Gasteiger charge is -2.22. The zero-order chi connectivity index (χ0) is 12.8. The summed E-state index contributed by atoms with van der Waals surface area (Å²) >= 11 is 0. The Kier molecular flexibility index (Phi) is 5.96. The Bertz CT molecular complexity index is 240. The number of hydrogen-bond donors (Lipinski definition) is 1. The van der Waals surface area contributed by atoms with Crippen molar-refractivity contribution < 1.29 is 4.79 Å². The van der Waals surface area contributed by atoms with Crippen LogP contribution >= 0.6 is 0 Å². The van der Waals surface area contributed by atoms with E-state index in [0.717, 1.165) is 31.3 Å². The van der Waals surface area contributed by atoms with E-state index in [-0.39, 0.29) is 0 Å². The molecular formula is C14H28N2O. The van der Waals surface area contributed by atoms with Gasteiger partial charge in [-0.1, -0.05) is 20.8 Å². The van der Waals surface area contributed by atoms with Gasteiger partial charge in [0.1, 0.15) is 0 Å². The first kappa shape index (κ1) is 14.5. The first-order chi connectivity index (χ1) is 8.04. The van der Waals surface area contributed by atoms with Crippen molar-refractivity contribution in [1.29, 1.82) is 0 Å². The molecule has 1 fully saturated rings. The first-order valence-electron chi connectivity index (χ1n) is 7.02. The molecule has 0 aromatic rings. The summed E-state index contributed by atoms with van der Waals surface area (Å²) in [7, 11) is 0. The topological polar surface area (TPSA) is 46.3 Å². The zero-order valence-corrected chi connectivity index (χ0v) is 11.6. The summed E-state index contributed by atoms with van der Waals surface area (Å²) in [6, 6.07) is 0. The Morgan fingerprint density at radius 2 is 2.00 bits per heavy atom. The monoisotopic (exact) mass is 240 g/mol. The van der Waals surface area contributed by atoms with Crippen molar-refractivity contribution in [2.24, 2.45) is 23.5 Å². The molecule has 0 bridgehead atoms. The quantitative estimate of drug-likeness (QED) is 0.819. The Morgan fingerprint density at radius 3 is 2.59 bits per heavy atom. The molecule has 3 heteroatoms. The van der Waals surface area contributed by atoms with Crippen LogP contribution in [0.25, 0.3) is 0 Å². The standard InChI is InChI=1S/C14H28N2O/c1-11(2)13-5-4-7-16(8-6-13)14(17)9-12(3)10-15/h11-13H,4-10,15H2,1-3H3. The molecule has 0 aromatic carbocycles. The highest BCUT2D eigenvalue weighted by Gasteiger charge is 2.22.